The number of fused-ring (bicyclic) bond motifs is 1. The molecule has 0 spiro atoms. The lowest BCUT2D eigenvalue weighted by atomic mass is 9.96. The Morgan fingerprint density at radius 3 is 2.71 bits per heavy atom. The minimum absolute atomic E-state index is 0.129. The predicted molar refractivity (Wildman–Crippen MR) is 84.1 cm³/mol. The van der Waals surface area contributed by atoms with E-state index in [0.29, 0.717) is 0 Å². The Balaban J connectivity index is 2.16. The van der Waals surface area contributed by atoms with Gasteiger partial charge in [0.1, 0.15) is 5.82 Å². The minimum Gasteiger partial charge on any atom is -0.309 e. The van der Waals surface area contributed by atoms with E-state index in [9.17, 15) is 4.39 Å². The van der Waals surface area contributed by atoms with Crippen molar-refractivity contribution in [2.24, 2.45) is 0 Å². The number of rotatable bonds is 3. The monoisotopic (exact) mass is 300 g/mol. The molecule has 4 heteroatoms. The number of halogens is 2. The molecular formula is C17H14ClFN2. The molecule has 2 aromatic carbocycles. The van der Waals surface area contributed by atoms with Gasteiger partial charge in [-0.2, -0.15) is 0 Å². The standard InChI is InChI=1S/C17H14ClFN2/c1-20-17(11-6-7-15(18)16(19)8-11)14-10-21-9-12-4-2-3-5-13(12)14/h2-10,17,20H,1H3. The van der Waals surface area contributed by atoms with Crippen LogP contribution in [0, 0.1) is 5.82 Å². The molecule has 1 unspecified atom stereocenters. The van der Waals surface area contributed by atoms with E-state index in [4.69, 9.17) is 11.6 Å². The molecule has 1 aromatic heterocycles. The molecule has 0 aliphatic carbocycles. The Labute approximate surface area is 127 Å². The van der Waals surface area contributed by atoms with Gasteiger partial charge in [0.15, 0.2) is 0 Å². The van der Waals surface area contributed by atoms with Crippen molar-refractivity contribution in [1.29, 1.82) is 0 Å². The molecule has 0 aliphatic heterocycles. The second-order valence-electron chi connectivity index (χ2n) is 4.85. The van der Waals surface area contributed by atoms with Gasteiger partial charge in [-0.3, -0.25) is 4.98 Å². The van der Waals surface area contributed by atoms with E-state index in [0.717, 1.165) is 21.9 Å². The molecule has 21 heavy (non-hydrogen) atoms. The number of hydrogen-bond acceptors (Lipinski definition) is 2. The summed E-state index contributed by atoms with van der Waals surface area (Å²) in [6.45, 7) is 0. The van der Waals surface area contributed by atoms with Crippen molar-refractivity contribution >= 4 is 22.4 Å². The van der Waals surface area contributed by atoms with Crippen molar-refractivity contribution in [2.45, 2.75) is 6.04 Å². The molecule has 0 radical (unpaired) electrons. The molecule has 0 bridgehead atoms. The van der Waals surface area contributed by atoms with Gasteiger partial charge in [-0.25, -0.2) is 4.39 Å². The van der Waals surface area contributed by atoms with E-state index < -0.39 is 5.82 Å². The maximum absolute atomic E-state index is 13.7. The summed E-state index contributed by atoms with van der Waals surface area (Å²) in [5.74, 6) is -0.414. The first-order valence-electron chi connectivity index (χ1n) is 6.65. The number of nitrogens with one attached hydrogen (secondary N) is 1. The van der Waals surface area contributed by atoms with Gasteiger partial charge in [-0.15, -0.1) is 0 Å². The summed E-state index contributed by atoms with van der Waals surface area (Å²) in [5.41, 5.74) is 1.83. The van der Waals surface area contributed by atoms with Crippen molar-refractivity contribution in [2.75, 3.05) is 7.05 Å². The molecule has 1 N–H and O–H groups in total. The molecule has 0 aliphatic rings. The average molecular weight is 301 g/mol. The largest absolute Gasteiger partial charge is 0.309 e. The summed E-state index contributed by atoms with van der Waals surface area (Å²) in [6.07, 6.45) is 3.64. The van der Waals surface area contributed by atoms with Crippen LogP contribution < -0.4 is 5.32 Å². The van der Waals surface area contributed by atoms with Crippen molar-refractivity contribution in [3.63, 3.8) is 0 Å². The zero-order valence-corrected chi connectivity index (χ0v) is 12.2. The van der Waals surface area contributed by atoms with Crippen molar-refractivity contribution in [3.05, 3.63) is 76.8 Å². The van der Waals surface area contributed by atoms with Crippen LogP contribution >= 0.6 is 11.6 Å². The van der Waals surface area contributed by atoms with Crippen LogP contribution in [0.15, 0.2) is 54.9 Å². The van der Waals surface area contributed by atoms with Crippen molar-refractivity contribution < 1.29 is 4.39 Å². The predicted octanol–water partition coefficient (Wildman–Crippen LogP) is 4.34. The van der Waals surface area contributed by atoms with Crippen molar-refractivity contribution in [1.82, 2.24) is 10.3 Å². The molecule has 106 valence electrons. The van der Waals surface area contributed by atoms with Gasteiger partial charge in [0.2, 0.25) is 0 Å². The molecular weight excluding hydrogens is 287 g/mol. The fourth-order valence-corrected chi connectivity index (χ4v) is 2.68. The van der Waals surface area contributed by atoms with Gasteiger partial charge < -0.3 is 5.32 Å². The van der Waals surface area contributed by atoms with Gasteiger partial charge in [0.25, 0.3) is 0 Å². The molecule has 2 nitrogen and oxygen atoms in total. The van der Waals surface area contributed by atoms with E-state index in [1.807, 2.05) is 49.8 Å². The number of pyridine rings is 1. The second kappa shape index (κ2) is 5.80. The van der Waals surface area contributed by atoms with Crippen LogP contribution in [0.3, 0.4) is 0 Å². The molecule has 0 saturated carbocycles. The number of benzene rings is 2. The van der Waals surface area contributed by atoms with Crippen LogP contribution in [0.4, 0.5) is 4.39 Å². The first-order chi connectivity index (χ1) is 10.2. The summed E-state index contributed by atoms with van der Waals surface area (Å²) in [7, 11) is 1.85. The lowest BCUT2D eigenvalue weighted by Gasteiger charge is -2.19. The topological polar surface area (TPSA) is 24.9 Å². The van der Waals surface area contributed by atoms with Crippen LogP contribution in [0.25, 0.3) is 10.8 Å². The highest BCUT2D eigenvalue weighted by atomic mass is 35.5. The van der Waals surface area contributed by atoms with Gasteiger partial charge in [0, 0.05) is 17.8 Å². The van der Waals surface area contributed by atoms with Crippen LogP contribution in [-0.2, 0) is 0 Å². The Kier molecular flexibility index (Phi) is 3.86. The molecule has 3 rings (SSSR count). The lowest BCUT2D eigenvalue weighted by Crippen LogP contribution is -2.18. The normalized spacial score (nSPS) is 12.5. The fraction of sp³-hybridized carbons (Fsp3) is 0.118. The maximum atomic E-state index is 13.7. The van der Waals surface area contributed by atoms with E-state index in [1.54, 1.807) is 6.07 Å². The van der Waals surface area contributed by atoms with E-state index in [1.165, 1.54) is 6.07 Å². The SMILES string of the molecule is CNC(c1ccc(Cl)c(F)c1)c1cncc2ccccc12. The van der Waals surface area contributed by atoms with Crippen LogP contribution in [-0.4, -0.2) is 12.0 Å². The summed E-state index contributed by atoms with van der Waals surface area (Å²) >= 11 is 5.76. The number of aromatic nitrogens is 1. The lowest BCUT2D eigenvalue weighted by molar-refractivity contribution is 0.617. The second-order valence-corrected chi connectivity index (χ2v) is 5.25. The zero-order chi connectivity index (χ0) is 14.8. The first kappa shape index (κ1) is 14.0. The summed E-state index contributed by atoms with van der Waals surface area (Å²) in [5, 5.41) is 5.51. The van der Waals surface area contributed by atoms with E-state index in [-0.39, 0.29) is 11.1 Å². The van der Waals surface area contributed by atoms with Gasteiger partial charge in [-0.1, -0.05) is 41.9 Å². The average Bonchev–Trinajstić information content (AvgIpc) is 2.52. The van der Waals surface area contributed by atoms with Crippen LogP contribution in [0.1, 0.15) is 17.2 Å². The fourth-order valence-electron chi connectivity index (χ4n) is 2.56. The molecule has 0 fully saturated rings. The van der Waals surface area contributed by atoms with Gasteiger partial charge in [-0.05, 0) is 35.7 Å². The molecule has 0 saturated heterocycles. The maximum Gasteiger partial charge on any atom is 0.142 e. The number of nitrogens with zero attached hydrogens (tertiary/aromatic N) is 1. The van der Waals surface area contributed by atoms with Crippen LogP contribution in [0.5, 0.6) is 0 Å². The molecule has 0 amide bonds. The summed E-state index contributed by atoms with van der Waals surface area (Å²) in [6, 6.07) is 12.7. The van der Waals surface area contributed by atoms with Crippen LogP contribution in [0.2, 0.25) is 5.02 Å². The number of hydrogen-bond donors (Lipinski definition) is 1. The Hall–Kier alpha value is -1.97. The highest BCUT2D eigenvalue weighted by molar-refractivity contribution is 6.30. The quantitative estimate of drug-likeness (QED) is 0.778. The van der Waals surface area contributed by atoms with Gasteiger partial charge in [0.05, 0.1) is 11.1 Å². The van der Waals surface area contributed by atoms with Gasteiger partial charge >= 0.3 is 0 Å². The zero-order valence-electron chi connectivity index (χ0n) is 11.5. The molecule has 3 aromatic rings. The highest BCUT2D eigenvalue weighted by Crippen LogP contribution is 2.29. The van der Waals surface area contributed by atoms with E-state index in [2.05, 4.69) is 10.3 Å². The Morgan fingerprint density at radius 1 is 1.14 bits per heavy atom. The smallest absolute Gasteiger partial charge is 0.142 e. The minimum atomic E-state index is -0.414. The van der Waals surface area contributed by atoms with Crippen molar-refractivity contribution in [3.8, 4) is 0 Å². The third kappa shape index (κ3) is 2.62. The summed E-state index contributed by atoms with van der Waals surface area (Å²) in [4.78, 5) is 4.29. The Bertz CT molecular complexity index is 783. The van der Waals surface area contributed by atoms with E-state index >= 15 is 0 Å². The third-order valence-corrected chi connectivity index (χ3v) is 3.88. The summed E-state index contributed by atoms with van der Waals surface area (Å²) < 4.78 is 13.7. The molecule has 1 atom stereocenters. The Morgan fingerprint density at radius 2 is 1.95 bits per heavy atom. The first-order valence-corrected chi connectivity index (χ1v) is 7.03. The third-order valence-electron chi connectivity index (χ3n) is 3.58. The highest BCUT2D eigenvalue weighted by Gasteiger charge is 2.16. The molecule has 1 heterocycles.